The van der Waals surface area contributed by atoms with Crippen molar-refractivity contribution in [2.24, 2.45) is 5.92 Å². The van der Waals surface area contributed by atoms with Crippen LogP contribution < -0.4 is 4.90 Å². The smallest absolute Gasteiger partial charge is 0.135 e. The number of hydrogen-bond acceptors (Lipinski definition) is 5. The predicted molar refractivity (Wildman–Crippen MR) is 97.3 cm³/mol. The van der Waals surface area contributed by atoms with Gasteiger partial charge in [0.1, 0.15) is 12.1 Å². The second-order valence-corrected chi connectivity index (χ2v) is 8.11. The molecule has 4 rings (SSSR count). The fourth-order valence-corrected chi connectivity index (χ4v) is 4.39. The molecular formula is C19H31N5. The zero-order chi connectivity index (χ0) is 16.5. The summed E-state index contributed by atoms with van der Waals surface area (Å²) in [6.07, 6.45) is 7.13. The molecule has 132 valence electrons. The summed E-state index contributed by atoms with van der Waals surface area (Å²) in [7, 11) is 0. The molecule has 3 aliphatic rings. The lowest BCUT2D eigenvalue weighted by atomic mass is 9.91. The first kappa shape index (κ1) is 16.3. The van der Waals surface area contributed by atoms with Gasteiger partial charge in [0.2, 0.25) is 0 Å². The molecule has 24 heavy (non-hydrogen) atoms. The van der Waals surface area contributed by atoms with Crippen LogP contribution in [0.1, 0.15) is 44.4 Å². The van der Waals surface area contributed by atoms with Crippen LogP contribution in [0, 0.1) is 5.92 Å². The summed E-state index contributed by atoms with van der Waals surface area (Å²) in [6.45, 7) is 12.5. The van der Waals surface area contributed by atoms with Crippen LogP contribution in [-0.2, 0) is 13.0 Å². The normalized spacial score (nSPS) is 23.4. The van der Waals surface area contributed by atoms with Crippen LogP contribution in [0.2, 0.25) is 0 Å². The summed E-state index contributed by atoms with van der Waals surface area (Å²) >= 11 is 0. The van der Waals surface area contributed by atoms with Gasteiger partial charge >= 0.3 is 0 Å². The van der Waals surface area contributed by atoms with E-state index in [2.05, 4.69) is 38.5 Å². The third-order valence-electron chi connectivity index (χ3n) is 5.89. The number of piperazine rings is 1. The number of anilines is 1. The number of rotatable bonds is 4. The van der Waals surface area contributed by atoms with Crippen molar-refractivity contribution in [3.63, 3.8) is 0 Å². The van der Waals surface area contributed by atoms with Gasteiger partial charge in [-0.05, 0) is 25.2 Å². The predicted octanol–water partition coefficient (Wildman–Crippen LogP) is 2.17. The Kier molecular flexibility index (Phi) is 4.72. The third-order valence-corrected chi connectivity index (χ3v) is 5.89. The highest BCUT2D eigenvalue weighted by Crippen LogP contribution is 2.29. The van der Waals surface area contributed by atoms with E-state index in [1.54, 1.807) is 6.33 Å². The van der Waals surface area contributed by atoms with Gasteiger partial charge < -0.3 is 4.90 Å². The maximum Gasteiger partial charge on any atom is 0.135 e. The van der Waals surface area contributed by atoms with E-state index in [0.717, 1.165) is 38.6 Å². The zero-order valence-corrected chi connectivity index (χ0v) is 15.2. The Bertz CT molecular complexity index is 561. The first-order valence-electron chi connectivity index (χ1n) is 9.75. The van der Waals surface area contributed by atoms with E-state index in [9.17, 15) is 0 Å². The topological polar surface area (TPSA) is 35.5 Å². The van der Waals surface area contributed by atoms with Crippen molar-refractivity contribution >= 4 is 5.82 Å². The van der Waals surface area contributed by atoms with Gasteiger partial charge in [0.25, 0.3) is 0 Å². The summed E-state index contributed by atoms with van der Waals surface area (Å²) < 4.78 is 0. The second-order valence-electron chi connectivity index (χ2n) is 8.11. The van der Waals surface area contributed by atoms with Crippen LogP contribution >= 0.6 is 0 Å². The van der Waals surface area contributed by atoms with Gasteiger partial charge in [-0.25, -0.2) is 9.97 Å². The van der Waals surface area contributed by atoms with Gasteiger partial charge in [0, 0.05) is 57.4 Å². The van der Waals surface area contributed by atoms with Crippen molar-refractivity contribution < 1.29 is 0 Å². The van der Waals surface area contributed by atoms with Crippen molar-refractivity contribution in [2.45, 2.75) is 52.1 Å². The SMILES string of the molecule is CC(C)CN1CCc2c(ncnc2N2CCN(C3CCC3)CC2)C1. The van der Waals surface area contributed by atoms with E-state index in [1.807, 2.05) is 0 Å². The standard InChI is InChI=1S/C19H31N5/c1-15(2)12-22-7-6-17-18(13-22)20-14-21-19(17)24-10-8-23(9-11-24)16-4-3-5-16/h14-16H,3-13H2,1-2H3. The van der Waals surface area contributed by atoms with Crippen molar-refractivity contribution in [1.82, 2.24) is 19.8 Å². The molecule has 1 aromatic heterocycles. The molecule has 0 spiro atoms. The quantitative estimate of drug-likeness (QED) is 0.846. The number of aromatic nitrogens is 2. The lowest BCUT2D eigenvalue weighted by Crippen LogP contribution is -2.52. The molecule has 0 atom stereocenters. The van der Waals surface area contributed by atoms with Crippen molar-refractivity contribution in [3.8, 4) is 0 Å². The maximum absolute atomic E-state index is 4.68. The molecule has 0 aromatic carbocycles. The van der Waals surface area contributed by atoms with Crippen LogP contribution in [-0.4, -0.2) is 65.1 Å². The summed E-state index contributed by atoms with van der Waals surface area (Å²) in [5.74, 6) is 1.94. The molecule has 1 saturated carbocycles. The second kappa shape index (κ2) is 6.96. The van der Waals surface area contributed by atoms with Gasteiger partial charge in [-0.1, -0.05) is 20.3 Å². The summed E-state index contributed by atoms with van der Waals surface area (Å²) in [6, 6.07) is 0.871. The Hall–Kier alpha value is -1.20. The molecule has 5 nitrogen and oxygen atoms in total. The summed E-state index contributed by atoms with van der Waals surface area (Å²) in [5, 5.41) is 0. The Balaban J connectivity index is 1.43. The Labute approximate surface area is 146 Å². The maximum atomic E-state index is 4.68. The average molecular weight is 329 g/mol. The Morgan fingerprint density at radius 2 is 1.88 bits per heavy atom. The molecule has 2 fully saturated rings. The van der Waals surface area contributed by atoms with E-state index in [1.165, 1.54) is 56.0 Å². The van der Waals surface area contributed by atoms with Crippen LogP contribution in [0.25, 0.3) is 0 Å². The molecule has 5 heteroatoms. The summed E-state index contributed by atoms with van der Waals surface area (Å²) in [4.78, 5) is 17.0. The fourth-order valence-electron chi connectivity index (χ4n) is 4.39. The number of fused-ring (bicyclic) bond motifs is 1. The van der Waals surface area contributed by atoms with E-state index in [-0.39, 0.29) is 0 Å². The molecule has 0 amide bonds. The average Bonchev–Trinajstić information content (AvgIpc) is 2.53. The molecule has 0 radical (unpaired) electrons. The number of hydrogen-bond donors (Lipinski definition) is 0. The van der Waals surface area contributed by atoms with Gasteiger partial charge in [-0.15, -0.1) is 0 Å². The van der Waals surface area contributed by atoms with E-state index < -0.39 is 0 Å². The van der Waals surface area contributed by atoms with E-state index in [4.69, 9.17) is 0 Å². The molecule has 2 aliphatic heterocycles. The summed E-state index contributed by atoms with van der Waals surface area (Å²) in [5.41, 5.74) is 2.67. The highest BCUT2D eigenvalue weighted by atomic mass is 15.3. The van der Waals surface area contributed by atoms with Crippen LogP contribution in [0.5, 0.6) is 0 Å². The lowest BCUT2D eigenvalue weighted by molar-refractivity contribution is 0.120. The first-order chi connectivity index (χ1) is 11.7. The zero-order valence-electron chi connectivity index (χ0n) is 15.2. The highest BCUT2D eigenvalue weighted by Gasteiger charge is 2.30. The minimum atomic E-state index is 0.715. The molecular weight excluding hydrogens is 298 g/mol. The molecule has 1 saturated heterocycles. The van der Waals surface area contributed by atoms with Crippen LogP contribution in [0.4, 0.5) is 5.82 Å². The molecule has 0 bridgehead atoms. The van der Waals surface area contributed by atoms with Gasteiger partial charge in [-0.3, -0.25) is 9.80 Å². The van der Waals surface area contributed by atoms with Crippen molar-refractivity contribution in [1.29, 1.82) is 0 Å². The molecule has 0 N–H and O–H groups in total. The Morgan fingerprint density at radius 3 is 2.54 bits per heavy atom. The molecule has 1 aliphatic carbocycles. The monoisotopic (exact) mass is 329 g/mol. The van der Waals surface area contributed by atoms with Crippen LogP contribution in [0.3, 0.4) is 0 Å². The Morgan fingerprint density at radius 1 is 1.08 bits per heavy atom. The van der Waals surface area contributed by atoms with E-state index >= 15 is 0 Å². The largest absolute Gasteiger partial charge is 0.354 e. The molecule has 1 aromatic rings. The van der Waals surface area contributed by atoms with Crippen molar-refractivity contribution in [3.05, 3.63) is 17.6 Å². The minimum absolute atomic E-state index is 0.715. The third kappa shape index (κ3) is 3.29. The minimum Gasteiger partial charge on any atom is -0.354 e. The van der Waals surface area contributed by atoms with E-state index in [0.29, 0.717) is 5.92 Å². The first-order valence-corrected chi connectivity index (χ1v) is 9.75. The fraction of sp³-hybridized carbons (Fsp3) is 0.789. The van der Waals surface area contributed by atoms with Gasteiger partial charge in [0.05, 0.1) is 5.69 Å². The van der Waals surface area contributed by atoms with Gasteiger partial charge in [0.15, 0.2) is 0 Å². The van der Waals surface area contributed by atoms with Crippen LogP contribution in [0.15, 0.2) is 6.33 Å². The number of nitrogens with zero attached hydrogens (tertiary/aromatic N) is 5. The lowest BCUT2D eigenvalue weighted by Gasteiger charge is -2.43. The molecule has 0 unspecified atom stereocenters. The van der Waals surface area contributed by atoms with Crippen molar-refractivity contribution in [2.75, 3.05) is 44.2 Å². The van der Waals surface area contributed by atoms with Gasteiger partial charge in [-0.2, -0.15) is 0 Å². The highest BCUT2D eigenvalue weighted by molar-refractivity contribution is 5.50. The molecule has 3 heterocycles.